The van der Waals surface area contributed by atoms with Crippen LogP contribution in [-0.4, -0.2) is 40.3 Å². The number of anilines is 1. The van der Waals surface area contributed by atoms with E-state index in [9.17, 15) is 0 Å². The van der Waals surface area contributed by atoms with Gasteiger partial charge in [0.1, 0.15) is 12.4 Å². The van der Waals surface area contributed by atoms with Gasteiger partial charge in [0.05, 0.1) is 6.54 Å². The van der Waals surface area contributed by atoms with Crippen LogP contribution in [0.1, 0.15) is 5.56 Å². The molecule has 128 valence electrons. The van der Waals surface area contributed by atoms with Crippen LogP contribution < -0.4 is 20.3 Å². The van der Waals surface area contributed by atoms with Gasteiger partial charge in [0, 0.05) is 33.4 Å². The van der Waals surface area contributed by atoms with Gasteiger partial charge in [-0.2, -0.15) is 0 Å². The van der Waals surface area contributed by atoms with Crippen molar-refractivity contribution in [3.63, 3.8) is 0 Å². The maximum Gasteiger partial charge on any atom is 0.191 e. The Morgan fingerprint density at radius 2 is 1.71 bits per heavy atom. The number of hydrogen-bond donors (Lipinski definition) is 2. The van der Waals surface area contributed by atoms with Crippen LogP contribution in [0.5, 0.6) is 5.75 Å². The van der Waals surface area contributed by atoms with Gasteiger partial charge in [0.2, 0.25) is 0 Å². The minimum Gasteiger partial charge on any atom is -0.492 e. The average Bonchev–Trinajstić information content (AvgIpc) is 2.62. The van der Waals surface area contributed by atoms with Crippen molar-refractivity contribution in [3.8, 4) is 5.75 Å². The van der Waals surface area contributed by atoms with Crippen molar-refractivity contribution in [2.45, 2.75) is 6.54 Å². The van der Waals surface area contributed by atoms with Crippen LogP contribution >= 0.6 is 0 Å². The highest BCUT2D eigenvalue weighted by molar-refractivity contribution is 5.79. The van der Waals surface area contributed by atoms with Gasteiger partial charge in [0.15, 0.2) is 5.96 Å². The van der Waals surface area contributed by atoms with E-state index >= 15 is 0 Å². The van der Waals surface area contributed by atoms with Crippen molar-refractivity contribution >= 4 is 11.6 Å². The van der Waals surface area contributed by atoms with Gasteiger partial charge in [-0.3, -0.25) is 4.99 Å². The molecular weight excluding hydrogens is 300 g/mol. The number of para-hydroxylation sites is 1. The maximum absolute atomic E-state index is 5.65. The van der Waals surface area contributed by atoms with E-state index in [0.717, 1.165) is 18.3 Å². The zero-order chi connectivity index (χ0) is 17.2. The summed E-state index contributed by atoms with van der Waals surface area (Å²) in [5.74, 6) is 1.64. The lowest BCUT2D eigenvalue weighted by atomic mass is 10.2. The average molecular weight is 326 g/mol. The van der Waals surface area contributed by atoms with Gasteiger partial charge in [-0.25, -0.2) is 0 Å². The van der Waals surface area contributed by atoms with E-state index < -0.39 is 0 Å². The van der Waals surface area contributed by atoms with E-state index in [-0.39, 0.29) is 0 Å². The molecule has 0 aliphatic rings. The molecular formula is C19H26N4O. The third kappa shape index (κ3) is 5.83. The van der Waals surface area contributed by atoms with Gasteiger partial charge in [0.25, 0.3) is 0 Å². The summed E-state index contributed by atoms with van der Waals surface area (Å²) in [7, 11) is 5.84. The summed E-state index contributed by atoms with van der Waals surface area (Å²) in [4.78, 5) is 6.31. The Bertz CT molecular complexity index is 624. The van der Waals surface area contributed by atoms with E-state index in [1.807, 2.05) is 44.4 Å². The molecule has 0 fully saturated rings. The number of nitrogens with one attached hydrogen (secondary N) is 2. The third-order valence-electron chi connectivity index (χ3n) is 3.54. The van der Waals surface area contributed by atoms with E-state index in [0.29, 0.717) is 13.2 Å². The fourth-order valence-electron chi connectivity index (χ4n) is 2.17. The van der Waals surface area contributed by atoms with Crippen LogP contribution in [0.4, 0.5) is 5.69 Å². The summed E-state index contributed by atoms with van der Waals surface area (Å²) in [6.07, 6.45) is 0. The van der Waals surface area contributed by atoms with Crippen molar-refractivity contribution < 1.29 is 4.74 Å². The summed E-state index contributed by atoms with van der Waals surface area (Å²) < 4.78 is 5.65. The minimum absolute atomic E-state index is 0.586. The van der Waals surface area contributed by atoms with Crippen LogP contribution in [0.15, 0.2) is 59.6 Å². The Kier molecular flexibility index (Phi) is 6.95. The topological polar surface area (TPSA) is 48.9 Å². The molecule has 0 aromatic heterocycles. The molecule has 0 saturated heterocycles. The zero-order valence-electron chi connectivity index (χ0n) is 14.6. The number of hydrogen-bond acceptors (Lipinski definition) is 3. The standard InChI is InChI=1S/C19H26N4O/c1-20-19(21-13-14-24-18-7-5-4-6-8-18)22-15-16-9-11-17(12-10-16)23(2)3/h4-12H,13-15H2,1-3H3,(H2,20,21,22). The number of nitrogens with zero attached hydrogens (tertiary/aromatic N) is 2. The van der Waals surface area contributed by atoms with Crippen LogP contribution in [0.2, 0.25) is 0 Å². The van der Waals surface area contributed by atoms with Crippen molar-refractivity contribution in [2.75, 3.05) is 39.2 Å². The van der Waals surface area contributed by atoms with E-state index in [1.165, 1.54) is 11.3 Å². The lowest BCUT2D eigenvalue weighted by Crippen LogP contribution is -2.38. The molecule has 2 N–H and O–H groups in total. The Balaban J connectivity index is 1.70. The molecule has 24 heavy (non-hydrogen) atoms. The number of guanidine groups is 1. The first-order chi connectivity index (χ1) is 11.7. The summed E-state index contributed by atoms with van der Waals surface area (Å²) in [6.45, 7) is 2.00. The second kappa shape index (κ2) is 9.45. The molecule has 0 heterocycles. The van der Waals surface area contributed by atoms with Crippen molar-refractivity contribution in [3.05, 3.63) is 60.2 Å². The molecule has 0 spiro atoms. The highest BCUT2D eigenvalue weighted by Gasteiger charge is 2.00. The number of rotatable bonds is 7. The molecule has 0 amide bonds. The monoisotopic (exact) mass is 326 g/mol. The quantitative estimate of drug-likeness (QED) is 0.466. The summed E-state index contributed by atoms with van der Waals surface area (Å²) >= 11 is 0. The number of ether oxygens (including phenoxy) is 1. The van der Waals surface area contributed by atoms with Crippen LogP contribution in [0.3, 0.4) is 0 Å². The molecule has 5 heteroatoms. The molecule has 0 saturated carbocycles. The first kappa shape index (κ1) is 17.7. The summed E-state index contributed by atoms with van der Waals surface area (Å²) in [6, 6.07) is 18.3. The van der Waals surface area contributed by atoms with Crippen LogP contribution in [0.25, 0.3) is 0 Å². The van der Waals surface area contributed by atoms with Crippen LogP contribution in [-0.2, 0) is 6.54 Å². The zero-order valence-corrected chi connectivity index (χ0v) is 14.6. The predicted molar refractivity (Wildman–Crippen MR) is 101 cm³/mol. The smallest absolute Gasteiger partial charge is 0.191 e. The second-order valence-corrected chi connectivity index (χ2v) is 5.57. The Morgan fingerprint density at radius 3 is 2.33 bits per heavy atom. The fourth-order valence-corrected chi connectivity index (χ4v) is 2.17. The van der Waals surface area contributed by atoms with Crippen molar-refractivity contribution in [2.24, 2.45) is 4.99 Å². The molecule has 5 nitrogen and oxygen atoms in total. The number of benzene rings is 2. The summed E-state index contributed by atoms with van der Waals surface area (Å²) in [5, 5.41) is 6.55. The Labute approximate surface area is 144 Å². The highest BCUT2D eigenvalue weighted by Crippen LogP contribution is 2.11. The molecule has 2 aromatic rings. The lowest BCUT2D eigenvalue weighted by molar-refractivity contribution is 0.322. The SMILES string of the molecule is CN=C(NCCOc1ccccc1)NCc1ccc(N(C)C)cc1. The van der Waals surface area contributed by atoms with Crippen molar-refractivity contribution in [1.82, 2.24) is 10.6 Å². The van der Waals surface area contributed by atoms with Gasteiger partial charge in [-0.05, 0) is 29.8 Å². The molecule has 0 unspecified atom stereocenters. The lowest BCUT2D eigenvalue weighted by Gasteiger charge is -2.14. The Morgan fingerprint density at radius 1 is 1.00 bits per heavy atom. The fraction of sp³-hybridized carbons (Fsp3) is 0.316. The summed E-state index contributed by atoms with van der Waals surface area (Å²) in [5.41, 5.74) is 2.41. The molecule has 2 aromatic carbocycles. The number of aliphatic imine (C=N–C) groups is 1. The molecule has 0 radical (unpaired) electrons. The molecule has 2 rings (SSSR count). The largest absolute Gasteiger partial charge is 0.492 e. The van der Waals surface area contributed by atoms with Gasteiger partial charge >= 0.3 is 0 Å². The van der Waals surface area contributed by atoms with Gasteiger partial charge in [-0.1, -0.05) is 30.3 Å². The first-order valence-corrected chi connectivity index (χ1v) is 8.07. The maximum atomic E-state index is 5.65. The van der Waals surface area contributed by atoms with Crippen LogP contribution in [0, 0.1) is 0 Å². The molecule has 0 bridgehead atoms. The third-order valence-corrected chi connectivity index (χ3v) is 3.54. The van der Waals surface area contributed by atoms with Gasteiger partial charge in [-0.15, -0.1) is 0 Å². The minimum atomic E-state index is 0.586. The molecule has 0 atom stereocenters. The highest BCUT2D eigenvalue weighted by atomic mass is 16.5. The predicted octanol–water partition coefficient (Wildman–Crippen LogP) is 2.50. The first-order valence-electron chi connectivity index (χ1n) is 8.07. The second-order valence-electron chi connectivity index (χ2n) is 5.57. The molecule has 0 aliphatic heterocycles. The van der Waals surface area contributed by atoms with E-state index in [2.05, 4.69) is 44.8 Å². The Hall–Kier alpha value is -2.69. The normalized spacial score (nSPS) is 11.0. The van der Waals surface area contributed by atoms with Gasteiger partial charge < -0.3 is 20.3 Å². The van der Waals surface area contributed by atoms with E-state index in [1.54, 1.807) is 7.05 Å². The van der Waals surface area contributed by atoms with E-state index in [4.69, 9.17) is 4.74 Å². The van der Waals surface area contributed by atoms with Crippen molar-refractivity contribution in [1.29, 1.82) is 0 Å². The molecule has 0 aliphatic carbocycles.